The average molecular weight is 307 g/mol. The van der Waals surface area contributed by atoms with E-state index in [1.807, 2.05) is 6.92 Å². The third-order valence-electron chi connectivity index (χ3n) is 2.67. The van der Waals surface area contributed by atoms with Gasteiger partial charge in [-0.3, -0.25) is 0 Å². The van der Waals surface area contributed by atoms with E-state index in [0.29, 0.717) is 27.5 Å². The van der Waals surface area contributed by atoms with Crippen LogP contribution in [0.25, 0.3) is 10.9 Å². The Morgan fingerprint density at radius 1 is 1.33 bits per heavy atom. The molecule has 3 nitrogen and oxygen atoms in total. The van der Waals surface area contributed by atoms with Gasteiger partial charge in [0, 0.05) is 17.0 Å². The van der Waals surface area contributed by atoms with Crippen molar-refractivity contribution in [2.45, 2.75) is 19.9 Å². The molecule has 1 heterocycles. The van der Waals surface area contributed by atoms with Crippen molar-refractivity contribution < 1.29 is 9.90 Å². The smallest absolute Gasteiger partial charge is 0.339 e. The minimum atomic E-state index is -1.09. The first-order valence-corrected chi connectivity index (χ1v) is 6.50. The molecule has 0 spiro atoms. The van der Waals surface area contributed by atoms with Crippen LogP contribution in [-0.2, 0) is 6.54 Å². The summed E-state index contributed by atoms with van der Waals surface area (Å²) in [6, 6.07) is 3.16. The molecule has 0 saturated heterocycles. The summed E-state index contributed by atoms with van der Waals surface area (Å²) in [7, 11) is 0. The van der Waals surface area contributed by atoms with Crippen LogP contribution in [0.2, 0.25) is 15.2 Å². The number of aromatic nitrogens is 1. The lowest BCUT2D eigenvalue weighted by atomic mass is 10.2. The number of fused-ring (bicyclic) bond motifs is 1. The highest BCUT2D eigenvalue weighted by Gasteiger charge is 2.22. The summed E-state index contributed by atoms with van der Waals surface area (Å²) in [5, 5.41) is 10.7. The van der Waals surface area contributed by atoms with Crippen molar-refractivity contribution >= 4 is 51.7 Å². The van der Waals surface area contributed by atoms with Gasteiger partial charge >= 0.3 is 5.97 Å². The number of carboxylic acids is 1. The Labute approximate surface area is 119 Å². The number of rotatable bonds is 3. The molecule has 0 aliphatic heterocycles. The lowest BCUT2D eigenvalue weighted by Gasteiger charge is -2.06. The monoisotopic (exact) mass is 305 g/mol. The highest BCUT2D eigenvalue weighted by atomic mass is 35.5. The van der Waals surface area contributed by atoms with Crippen LogP contribution in [0.1, 0.15) is 23.7 Å². The molecule has 2 rings (SSSR count). The van der Waals surface area contributed by atoms with Crippen molar-refractivity contribution in [3.05, 3.63) is 32.9 Å². The topological polar surface area (TPSA) is 42.2 Å². The number of halogens is 3. The molecule has 0 amide bonds. The van der Waals surface area contributed by atoms with Crippen LogP contribution in [0, 0.1) is 0 Å². The molecule has 96 valence electrons. The van der Waals surface area contributed by atoms with Gasteiger partial charge in [0.05, 0.1) is 10.5 Å². The highest BCUT2D eigenvalue weighted by Crippen LogP contribution is 2.36. The molecule has 0 fully saturated rings. The standard InChI is InChI=1S/C12H10Cl3NO2/c1-2-3-16-10-7(4-6(13)5-8(10)14)9(11(16)15)12(17)18/h4-5H,2-3H2,1H3,(H,17,18). The van der Waals surface area contributed by atoms with Crippen molar-refractivity contribution in [3.63, 3.8) is 0 Å². The predicted octanol–water partition coefficient (Wildman–Crippen LogP) is 4.71. The molecular weight excluding hydrogens is 296 g/mol. The van der Waals surface area contributed by atoms with E-state index in [0.717, 1.165) is 6.42 Å². The SMILES string of the molecule is CCCn1c(Cl)c(C(=O)O)c2cc(Cl)cc(Cl)c21. The molecule has 1 N–H and O–H groups in total. The maximum Gasteiger partial charge on any atom is 0.339 e. The van der Waals surface area contributed by atoms with Gasteiger partial charge in [-0.2, -0.15) is 0 Å². The molecule has 1 aromatic heterocycles. The van der Waals surface area contributed by atoms with E-state index in [1.165, 1.54) is 0 Å². The minimum absolute atomic E-state index is 0.0458. The van der Waals surface area contributed by atoms with Crippen molar-refractivity contribution in [2.24, 2.45) is 0 Å². The van der Waals surface area contributed by atoms with Crippen molar-refractivity contribution in [2.75, 3.05) is 0 Å². The second-order valence-electron chi connectivity index (χ2n) is 3.91. The Kier molecular flexibility index (Phi) is 3.76. The van der Waals surface area contributed by atoms with E-state index in [1.54, 1.807) is 16.7 Å². The molecule has 18 heavy (non-hydrogen) atoms. The average Bonchev–Trinajstić information content (AvgIpc) is 2.52. The molecule has 0 aliphatic rings. The summed E-state index contributed by atoms with van der Waals surface area (Å²) in [4.78, 5) is 11.3. The number of aryl methyl sites for hydroxylation is 1. The summed E-state index contributed by atoms with van der Waals surface area (Å²) in [5.74, 6) is -1.09. The van der Waals surface area contributed by atoms with Gasteiger partial charge in [0.25, 0.3) is 0 Å². The molecule has 6 heteroatoms. The molecule has 0 bridgehead atoms. The summed E-state index contributed by atoms with van der Waals surface area (Å²) in [5.41, 5.74) is 0.662. The Morgan fingerprint density at radius 2 is 2.00 bits per heavy atom. The van der Waals surface area contributed by atoms with Crippen LogP contribution in [0.15, 0.2) is 12.1 Å². The number of nitrogens with zero attached hydrogens (tertiary/aromatic N) is 1. The fraction of sp³-hybridized carbons (Fsp3) is 0.250. The van der Waals surface area contributed by atoms with Crippen LogP contribution in [0.5, 0.6) is 0 Å². The Hall–Kier alpha value is -0.900. The van der Waals surface area contributed by atoms with Gasteiger partial charge in [-0.15, -0.1) is 0 Å². The van der Waals surface area contributed by atoms with Crippen LogP contribution in [0.4, 0.5) is 0 Å². The van der Waals surface area contributed by atoms with Gasteiger partial charge in [-0.25, -0.2) is 4.79 Å². The van der Waals surface area contributed by atoms with Gasteiger partial charge in [-0.05, 0) is 18.6 Å². The van der Waals surface area contributed by atoms with Crippen LogP contribution in [0.3, 0.4) is 0 Å². The fourth-order valence-electron chi connectivity index (χ4n) is 2.01. The van der Waals surface area contributed by atoms with E-state index >= 15 is 0 Å². The fourth-order valence-corrected chi connectivity index (χ4v) is 2.96. The van der Waals surface area contributed by atoms with Crippen molar-refractivity contribution in [1.82, 2.24) is 4.57 Å². The molecule has 0 unspecified atom stereocenters. The van der Waals surface area contributed by atoms with E-state index in [4.69, 9.17) is 34.8 Å². The minimum Gasteiger partial charge on any atom is -0.478 e. The number of hydrogen-bond acceptors (Lipinski definition) is 1. The highest BCUT2D eigenvalue weighted by molar-refractivity contribution is 6.41. The van der Waals surface area contributed by atoms with Crippen LogP contribution in [-0.4, -0.2) is 15.6 Å². The third-order valence-corrected chi connectivity index (χ3v) is 3.57. The summed E-state index contributed by atoms with van der Waals surface area (Å²) in [6.45, 7) is 2.58. The number of hydrogen-bond donors (Lipinski definition) is 1. The third kappa shape index (κ3) is 2.07. The molecular formula is C12H10Cl3NO2. The van der Waals surface area contributed by atoms with E-state index in [9.17, 15) is 9.90 Å². The van der Waals surface area contributed by atoms with E-state index in [2.05, 4.69) is 0 Å². The Bertz CT molecular complexity index is 634. The maximum absolute atomic E-state index is 11.3. The molecule has 0 saturated carbocycles. The normalized spacial score (nSPS) is 11.1. The number of carboxylic acid groups (broad SMARTS) is 1. The molecule has 0 aliphatic carbocycles. The first-order chi connectivity index (χ1) is 8.47. The van der Waals surface area contributed by atoms with Crippen molar-refractivity contribution in [1.29, 1.82) is 0 Å². The largest absolute Gasteiger partial charge is 0.478 e. The molecule has 0 radical (unpaired) electrons. The second-order valence-corrected chi connectivity index (χ2v) is 5.11. The zero-order valence-electron chi connectivity index (χ0n) is 9.51. The van der Waals surface area contributed by atoms with Crippen LogP contribution < -0.4 is 0 Å². The maximum atomic E-state index is 11.3. The zero-order chi connectivity index (χ0) is 13.4. The zero-order valence-corrected chi connectivity index (χ0v) is 11.8. The van der Waals surface area contributed by atoms with Gasteiger partial charge < -0.3 is 9.67 Å². The predicted molar refractivity (Wildman–Crippen MR) is 74.2 cm³/mol. The van der Waals surface area contributed by atoms with E-state index < -0.39 is 5.97 Å². The van der Waals surface area contributed by atoms with Gasteiger partial charge in [-0.1, -0.05) is 41.7 Å². The summed E-state index contributed by atoms with van der Waals surface area (Å²) in [6.07, 6.45) is 0.821. The summed E-state index contributed by atoms with van der Waals surface area (Å²) >= 11 is 18.2. The van der Waals surface area contributed by atoms with E-state index in [-0.39, 0.29) is 10.7 Å². The van der Waals surface area contributed by atoms with Crippen molar-refractivity contribution in [3.8, 4) is 0 Å². The van der Waals surface area contributed by atoms with Gasteiger partial charge in [0.2, 0.25) is 0 Å². The first-order valence-electron chi connectivity index (χ1n) is 5.37. The Morgan fingerprint density at radius 3 is 2.56 bits per heavy atom. The number of benzene rings is 1. The van der Waals surface area contributed by atoms with Gasteiger partial charge in [0.15, 0.2) is 0 Å². The lowest BCUT2D eigenvalue weighted by molar-refractivity contribution is 0.0699. The number of aromatic carboxylic acids is 1. The quantitative estimate of drug-likeness (QED) is 0.892. The first kappa shape index (κ1) is 13.5. The number of carbonyl (C=O) groups is 1. The van der Waals surface area contributed by atoms with Gasteiger partial charge in [0.1, 0.15) is 10.7 Å². The molecule has 0 atom stereocenters. The summed E-state index contributed by atoms with van der Waals surface area (Å²) < 4.78 is 1.71. The molecule has 2 aromatic rings. The van der Waals surface area contributed by atoms with Crippen LogP contribution >= 0.6 is 34.8 Å². The molecule has 1 aromatic carbocycles. The lowest BCUT2D eigenvalue weighted by Crippen LogP contribution is -1.99. The Balaban J connectivity index is 2.92. The second kappa shape index (κ2) is 5.00.